The summed E-state index contributed by atoms with van der Waals surface area (Å²) in [4.78, 5) is 25.6. The Morgan fingerprint density at radius 3 is 2.10 bits per heavy atom. The molecule has 0 fully saturated rings. The molecular formula is C25H23NO5. The maximum Gasteiger partial charge on any atom is 0.318 e. The lowest BCUT2D eigenvalue weighted by atomic mass is 9.88. The van der Waals surface area contributed by atoms with Crippen molar-refractivity contribution in [2.45, 2.75) is 25.5 Å². The molecule has 3 aromatic rings. The van der Waals surface area contributed by atoms with Gasteiger partial charge in [0.2, 0.25) is 0 Å². The number of ether oxygens (including phenoxy) is 3. The minimum Gasteiger partial charge on any atom is -0.497 e. The van der Waals surface area contributed by atoms with Crippen molar-refractivity contribution in [1.82, 2.24) is 5.32 Å². The molecule has 0 aromatic heterocycles. The zero-order chi connectivity index (χ0) is 21.8. The van der Waals surface area contributed by atoms with E-state index in [1.54, 1.807) is 14.0 Å². The van der Waals surface area contributed by atoms with Gasteiger partial charge in [0.1, 0.15) is 23.2 Å². The van der Waals surface area contributed by atoms with Crippen LogP contribution in [0.1, 0.15) is 29.5 Å². The summed E-state index contributed by atoms with van der Waals surface area (Å²) in [6, 6.07) is 22.1. The number of rotatable bonds is 6. The van der Waals surface area contributed by atoms with Gasteiger partial charge in [0.05, 0.1) is 7.11 Å². The van der Waals surface area contributed by atoms with Gasteiger partial charge in [-0.1, -0.05) is 48.5 Å². The largest absolute Gasteiger partial charge is 0.497 e. The van der Waals surface area contributed by atoms with Crippen molar-refractivity contribution in [3.8, 4) is 17.2 Å². The summed E-state index contributed by atoms with van der Waals surface area (Å²) in [5.41, 5.74) is 2.36. The molecule has 1 N–H and O–H groups in total. The average molecular weight is 417 g/mol. The Bertz CT molecular complexity index is 1050. The van der Waals surface area contributed by atoms with Crippen LogP contribution in [0.15, 0.2) is 72.8 Å². The van der Waals surface area contributed by atoms with Crippen LogP contribution in [0.4, 0.5) is 0 Å². The number of para-hydroxylation sites is 2. The van der Waals surface area contributed by atoms with E-state index in [1.165, 1.54) is 0 Å². The Morgan fingerprint density at radius 2 is 1.52 bits per heavy atom. The molecule has 31 heavy (non-hydrogen) atoms. The molecule has 1 atom stereocenters. The molecule has 1 aliphatic rings. The summed E-state index contributed by atoms with van der Waals surface area (Å²) in [5.74, 6) is 0.458. The predicted octanol–water partition coefficient (Wildman–Crippen LogP) is 4.18. The number of carbonyl (C=O) groups is 2. The van der Waals surface area contributed by atoms with Crippen molar-refractivity contribution in [2.24, 2.45) is 0 Å². The SMILES string of the molecule is COc1ccc(CNC(=O)[C@@H](C)OC(=O)C2c3ccccc3Oc3ccccc32)cc1. The van der Waals surface area contributed by atoms with Gasteiger partial charge in [-0.05, 0) is 36.8 Å². The average Bonchev–Trinajstić information content (AvgIpc) is 2.81. The summed E-state index contributed by atoms with van der Waals surface area (Å²) in [6.45, 7) is 1.89. The Balaban J connectivity index is 1.44. The van der Waals surface area contributed by atoms with Crippen LogP contribution >= 0.6 is 0 Å². The summed E-state index contributed by atoms with van der Waals surface area (Å²) >= 11 is 0. The van der Waals surface area contributed by atoms with Crippen molar-refractivity contribution in [3.05, 3.63) is 89.5 Å². The molecule has 1 aliphatic heterocycles. The highest BCUT2D eigenvalue weighted by Gasteiger charge is 2.35. The summed E-state index contributed by atoms with van der Waals surface area (Å²) in [7, 11) is 1.60. The van der Waals surface area contributed by atoms with E-state index in [9.17, 15) is 9.59 Å². The van der Waals surface area contributed by atoms with E-state index < -0.39 is 18.0 Å². The van der Waals surface area contributed by atoms with E-state index in [0.717, 1.165) is 22.4 Å². The fourth-order valence-corrected chi connectivity index (χ4v) is 3.54. The first-order valence-electron chi connectivity index (χ1n) is 10.0. The molecule has 4 rings (SSSR count). The Morgan fingerprint density at radius 1 is 0.935 bits per heavy atom. The van der Waals surface area contributed by atoms with E-state index in [0.29, 0.717) is 18.0 Å². The standard InChI is InChI=1S/C25H23NO5/c1-16(24(27)26-15-17-11-13-18(29-2)14-12-17)30-25(28)23-19-7-3-5-9-21(19)31-22-10-6-4-8-20(22)23/h3-14,16,23H,15H2,1-2H3,(H,26,27)/t16-/m1/s1. The molecule has 0 bridgehead atoms. The minimum absolute atomic E-state index is 0.327. The third-order valence-corrected chi connectivity index (χ3v) is 5.20. The lowest BCUT2D eigenvalue weighted by Crippen LogP contribution is -2.37. The third kappa shape index (κ3) is 4.38. The van der Waals surface area contributed by atoms with Gasteiger partial charge >= 0.3 is 5.97 Å². The van der Waals surface area contributed by atoms with Gasteiger partial charge in [-0.2, -0.15) is 0 Å². The van der Waals surface area contributed by atoms with E-state index in [1.807, 2.05) is 72.8 Å². The second kappa shape index (κ2) is 8.92. The number of methoxy groups -OCH3 is 1. The third-order valence-electron chi connectivity index (χ3n) is 5.20. The zero-order valence-electron chi connectivity index (χ0n) is 17.3. The number of carbonyl (C=O) groups excluding carboxylic acids is 2. The summed E-state index contributed by atoms with van der Waals surface area (Å²) in [5, 5.41) is 2.80. The molecule has 0 saturated carbocycles. The van der Waals surface area contributed by atoms with Gasteiger partial charge in [0.15, 0.2) is 6.10 Å². The van der Waals surface area contributed by atoms with Crippen LogP contribution in [-0.2, 0) is 20.9 Å². The van der Waals surface area contributed by atoms with Gasteiger partial charge in [-0.3, -0.25) is 9.59 Å². The quantitative estimate of drug-likeness (QED) is 0.609. The van der Waals surface area contributed by atoms with E-state index >= 15 is 0 Å². The first-order valence-corrected chi connectivity index (χ1v) is 10.0. The first kappa shape index (κ1) is 20.5. The summed E-state index contributed by atoms with van der Waals surface area (Å²) < 4.78 is 16.6. The number of fused-ring (bicyclic) bond motifs is 2. The normalized spacial score (nSPS) is 13.2. The number of hydrogen-bond acceptors (Lipinski definition) is 5. The van der Waals surface area contributed by atoms with E-state index in [4.69, 9.17) is 14.2 Å². The monoisotopic (exact) mass is 417 g/mol. The molecule has 1 heterocycles. The molecule has 0 aliphatic carbocycles. The predicted molar refractivity (Wildman–Crippen MR) is 115 cm³/mol. The van der Waals surface area contributed by atoms with Crippen LogP contribution in [0, 0.1) is 0 Å². The second-order valence-corrected chi connectivity index (χ2v) is 7.26. The molecular weight excluding hydrogens is 394 g/mol. The lowest BCUT2D eigenvalue weighted by Gasteiger charge is -2.27. The maximum absolute atomic E-state index is 13.1. The van der Waals surface area contributed by atoms with Crippen LogP contribution < -0.4 is 14.8 Å². The first-order chi connectivity index (χ1) is 15.1. The number of benzene rings is 3. The molecule has 1 amide bonds. The highest BCUT2D eigenvalue weighted by molar-refractivity contribution is 5.89. The smallest absolute Gasteiger partial charge is 0.318 e. The van der Waals surface area contributed by atoms with Crippen molar-refractivity contribution in [2.75, 3.05) is 7.11 Å². The molecule has 3 aromatic carbocycles. The fourth-order valence-electron chi connectivity index (χ4n) is 3.54. The molecule has 0 unspecified atom stereocenters. The van der Waals surface area contributed by atoms with Crippen LogP contribution in [0.25, 0.3) is 0 Å². The number of amides is 1. The zero-order valence-corrected chi connectivity index (χ0v) is 17.3. The Kier molecular flexibility index (Phi) is 5.89. The van der Waals surface area contributed by atoms with Gasteiger partial charge in [0.25, 0.3) is 5.91 Å². The maximum atomic E-state index is 13.1. The van der Waals surface area contributed by atoms with Crippen molar-refractivity contribution < 1.29 is 23.8 Å². The van der Waals surface area contributed by atoms with Gasteiger partial charge in [-0.15, -0.1) is 0 Å². The summed E-state index contributed by atoms with van der Waals surface area (Å²) in [6.07, 6.45) is -0.937. The number of hydrogen-bond donors (Lipinski definition) is 1. The highest BCUT2D eigenvalue weighted by Crippen LogP contribution is 2.44. The van der Waals surface area contributed by atoms with Crippen LogP contribution in [0.3, 0.4) is 0 Å². The van der Waals surface area contributed by atoms with Gasteiger partial charge < -0.3 is 19.5 Å². The van der Waals surface area contributed by atoms with Crippen LogP contribution in [0.2, 0.25) is 0 Å². The van der Waals surface area contributed by atoms with Crippen LogP contribution in [0.5, 0.6) is 17.2 Å². The topological polar surface area (TPSA) is 73.9 Å². The molecule has 0 saturated heterocycles. The minimum atomic E-state index is -0.937. The van der Waals surface area contributed by atoms with Crippen molar-refractivity contribution in [1.29, 1.82) is 0 Å². The molecule has 0 spiro atoms. The molecule has 0 radical (unpaired) electrons. The second-order valence-electron chi connectivity index (χ2n) is 7.26. The highest BCUT2D eigenvalue weighted by atomic mass is 16.5. The Labute approximate surface area is 180 Å². The van der Waals surface area contributed by atoms with E-state index in [2.05, 4.69) is 5.32 Å². The van der Waals surface area contributed by atoms with Crippen molar-refractivity contribution >= 4 is 11.9 Å². The molecule has 158 valence electrons. The molecule has 6 heteroatoms. The van der Waals surface area contributed by atoms with Crippen molar-refractivity contribution in [3.63, 3.8) is 0 Å². The van der Waals surface area contributed by atoms with Gasteiger partial charge in [0, 0.05) is 17.7 Å². The fraction of sp³-hybridized carbons (Fsp3) is 0.200. The molecule has 6 nitrogen and oxygen atoms in total. The van der Waals surface area contributed by atoms with E-state index in [-0.39, 0.29) is 5.91 Å². The number of nitrogens with one attached hydrogen (secondary N) is 1. The number of esters is 1. The van der Waals surface area contributed by atoms with Crippen LogP contribution in [-0.4, -0.2) is 25.1 Å². The Hall–Kier alpha value is -3.80. The van der Waals surface area contributed by atoms with Gasteiger partial charge in [-0.25, -0.2) is 0 Å². The lowest BCUT2D eigenvalue weighted by molar-refractivity contribution is -0.155.